The van der Waals surface area contributed by atoms with Crippen LogP contribution in [0.15, 0.2) is 29.1 Å². The summed E-state index contributed by atoms with van der Waals surface area (Å²) in [6.45, 7) is 7.04. The Hall–Kier alpha value is -2.60. The van der Waals surface area contributed by atoms with Crippen LogP contribution in [0.5, 0.6) is 0 Å². The van der Waals surface area contributed by atoms with E-state index in [0.29, 0.717) is 23.4 Å². The minimum absolute atomic E-state index is 0.223. The molecule has 3 aromatic heterocycles. The second-order valence-corrected chi connectivity index (χ2v) is 11.8. The highest BCUT2D eigenvalue weighted by atomic mass is 79.9. The lowest BCUT2D eigenvalue weighted by Gasteiger charge is -2.38. The smallest absolute Gasteiger partial charge is 0.407 e. The number of hydrogen-bond donors (Lipinski definition) is 2. The standard InChI is InChI=1S/C24H28BrF2N5O3S/c1-5-17-14(15-11-29-32-12-13(25)10-28-20(15)32)9-18(36-17)21(33)31-19-16(7-6-8-24(19,26)27)30-22(34)35-23(2,3)4/h9-12,16,19H,5-8H2,1-4H3,(H,30,34)(H,31,33)/t16-,19-/m1/s1. The van der Waals surface area contributed by atoms with Crippen molar-refractivity contribution in [2.24, 2.45) is 0 Å². The molecular weight excluding hydrogens is 556 g/mol. The molecule has 0 spiro atoms. The van der Waals surface area contributed by atoms with Crippen molar-refractivity contribution in [3.8, 4) is 11.1 Å². The van der Waals surface area contributed by atoms with Crippen LogP contribution in [0.1, 0.15) is 61.5 Å². The molecule has 0 aromatic carbocycles. The minimum atomic E-state index is -3.18. The maximum atomic E-state index is 14.9. The second-order valence-electron chi connectivity index (χ2n) is 9.76. The Labute approximate surface area is 219 Å². The van der Waals surface area contributed by atoms with Crippen LogP contribution in [0.25, 0.3) is 16.8 Å². The average Bonchev–Trinajstić information content (AvgIpc) is 3.37. The Morgan fingerprint density at radius 3 is 2.72 bits per heavy atom. The molecule has 0 bridgehead atoms. The number of carbonyl (C=O) groups excluding carboxylic acids is 2. The Morgan fingerprint density at radius 1 is 1.28 bits per heavy atom. The molecule has 12 heteroatoms. The quantitative estimate of drug-likeness (QED) is 0.408. The predicted molar refractivity (Wildman–Crippen MR) is 137 cm³/mol. The van der Waals surface area contributed by atoms with E-state index >= 15 is 0 Å². The molecule has 194 valence electrons. The highest BCUT2D eigenvalue weighted by Gasteiger charge is 2.48. The Balaban J connectivity index is 1.59. The van der Waals surface area contributed by atoms with Gasteiger partial charge in [-0.25, -0.2) is 23.1 Å². The topological polar surface area (TPSA) is 97.6 Å². The Bertz CT molecular complexity index is 1290. The van der Waals surface area contributed by atoms with Gasteiger partial charge in [0, 0.05) is 34.8 Å². The van der Waals surface area contributed by atoms with E-state index in [1.54, 1.807) is 49.9 Å². The number of alkyl carbamates (subject to hydrolysis) is 1. The van der Waals surface area contributed by atoms with Crippen molar-refractivity contribution in [1.82, 2.24) is 25.2 Å². The van der Waals surface area contributed by atoms with Crippen LogP contribution >= 0.6 is 27.3 Å². The predicted octanol–water partition coefficient (Wildman–Crippen LogP) is 5.59. The summed E-state index contributed by atoms with van der Waals surface area (Å²) < 4.78 is 37.5. The average molecular weight is 584 g/mol. The number of aromatic nitrogens is 3. The number of ether oxygens (including phenoxy) is 1. The first-order chi connectivity index (χ1) is 16.9. The number of carbonyl (C=O) groups is 2. The van der Waals surface area contributed by atoms with Gasteiger partial charge in [-0.1, -0.05) is 6.92 Å². The van der Waals surface area contributed by atoms with Crippen LogP contribution in [-0.2, 0) is 11.2 Å². The lowest BCUT2D eigenvalue weighted by molar-refractivity contribution is -0.0723. The summed E-state index contributed by atoms with van der Waals surface area (Å²) in [7, 11) is 0. The van der Waals surface area contributed by atoms with E-state index in [4.69, 9.17) is 4.74 Å². The zero-order chi connectivity index (χ0) is 26.3. The molecule has 1 aliphatic carbocycles. The molecule has 2 amide bonds. The molecule has 36 heavy (non-hydrogen) atoms. The largest absolute Gasteiger partial charge is 0.444 e. The molecular formula is C24H28BrF2N5O3S. The summed E-state index contributed by atoms with van der Waals surface area (Å²) in [4.78, 5) is 31.1. The van der Waals surface area contributed by atoms with Crippen LogP contribution in [-0.4, -0.2) is 50.2 Å². The van der Waals surface area contributed by atoms with Crippen LogP contribution in [0.3, 0.4) is 0 Å². The summed E-state index contributed by atoms with van der Waals surface area (Å²) in [5.41, 5.74) is 1.39. The van der Waals surface area contributed by atoms with Crippen LogP contribution in [0.4, 0.5) is 13.6 Å². The molecule has 1 saturated carbocycles. The van der Waals surface area contributed by atoms with Crippen molar-refractivity contribution in [2.75, 3.05) is 0 Å². The molecule has 0 unspecified atom stereocenters. The van der Waals surface area contributed by atoms with Gasteiger partial charge in [-0.3, -0.25) is 4.79 Å². The Kier molecular flexibility index (Phi) is 7.38. The number of nitrogens with zero attached hydrogens (tertiary/aromatic N) is 3. The third-order valence-corrected chi connectivity index (χ3v) is 7.53. The zero-order valence-electron chi connectivity index (χ0n) is 20.4. The molecule has 1 aliphatic rings. The monoisotopic (exact) mass is 583 g/mol. The SMILES string of the molecule is CCc1sc(C(=O)N[C@@H]2[C@H](NC(=O)OC(C)(C)C)CCCC2(F)F)cc1-c1cnn2cc(Br)cnc12. The van der Waals surface area contributed by atoms with Crippen molar-refractivity contribution in [3.63, 3.8) is 0 Å². The number of halogens is 3. The van der Waals surface area contributed by atoms with E-state index in [1.165, 1.54) is 11.3 Å². The third-order valence-electron chi connectivity index (χ3n) is 5.84. The molecule has 1 fully saturated rings. The fourth-order valence-electron chi connectivity index (χ4n) is 4.28. The fourth-order valence-corrected chi connectivity index (χ4v) is 5.59. The first-order valence-corrected chi connectivity index (χ1v) is 13.3. The van der Waals surface area contributed by atoms with Crippen molar-refractivity contribution in [1.29, 1.82) is 0 Å². The van der Waals surface area contributed by atoms with Gasteiger partial charge in [0.1, 0.15) is 11.6 Å². The molecule has 2 atom stereocenters. The molecule has 0 aliphatic heterocycles. The van der Waals surface area contributed by atoms with Crippen molar-refractivity contribution >= 4 is 44.9 Å². The van der Waals surface area contributed by atoms with Gasteiger partial charge < -0.3 is 15.4 Å². The van der Waals surface area contributed by atoms with Crippen molar-refractivity contribution in [3.05, 3.63) is 38.9 Å². The first kappa shape index (κ1) is 26.5. The van der Waals surface area contributed by atoms with E-state index in [-0.39, 0.29) is 12.8 Å². The zero-order valence-corrected chi connectivity index (χ0v) is 22.8. The maximum absolute atomic E-state index is 14.9. The molecule has 0 saturated heterocycles. The number of rotatable bonds is 5. The number of hydrogen-bond acceptors (Lipinski definition) is 6. The van der Waals surface area contributed by atoms with Gasteiger partial charge in [-0.15, -0.1) is 11.3 Å². The van der Waals surface area contributed by atoms with Gasteiger partial charge in [0.05, 0.1) is 21.6 Å². The first-order valence-electron chi connectivity index (χ1n) is 11.7. The van der Waals surface area contributed by atoms with Crippen LogP contribution in [0, 0.1) is 0 Å². The number of amides is 2. The number of thiophene rings is 1. The number of alkyl halides is 2. The number of aryl methyl sites for hydroxylation is 1. The molecule has 8 nitrogen and oxygen atoms in total. The number of fused-ring (bicyclic) bond motifs is 1. The minimum Gasteiger partial charge on any atom is -0.444 e. The third kappa shape index (κ3) is 5.69. The second kappa shape index (κ2) is 10.0. The summed E-state index contributed by atoms with van der Waals surface area (Å²) >= 11 is 4.62. The molecule has 2 N–H and O–H groups in total. The van der Waals surface area contributed by atoms with Gasteiger partial charge in [-0.05, 0) is 62.0 Å². The highest BCUT2D eigenvalue weighted by Crippen LogP contribution is 2.37. The summed E-state index contributed by atoms with van der Waals surface area (Å²) in [6.07, 6.45) is 5.13. The van der Waals surface area contributed by atoms with Gasteiger partial charge in [-0.2, -0.15) is 5.10 Å². The van der Waals surface area contributed by atoms with Gasteiger partial charge in [0.15, 0.2) is 5.65 Å². The Morgan fingerprint density at radius 2 is 2.03 bits per heavy atom. The highest BCUT2D eigenvalue weighted by molar-refractivity contribution is 9.10. The van der Waals surface area contributed by atoms with E-state index in [2.05, 4.69) is 36.6 Å². The maximum Gasteiger partial charge on any atom is 0.407 e. The summed E-state index contributed by atoms with van der Waals surface area (Å²) in [5.74, 6) is -3.79. The van der Waals surface area contributed by atoms with E-state index in [1.807, 2.05) is 6.92 Å². The number of nitrogens with one attached hydrogen (secondary N) is 2. The molecule has 0 radical (unpaired) electrons. The van der Waals surface area contributed by atoms with Crippen LogP contribution in [0.2, 0.25) is 0 Å². The van der Waals surface area contributed by atoms with Gasteiger partial charge >= 0.3 is 6.09 Å². The van der Waals surface area contributed by atoms with Crippen molar-refractivity contribution in [2.45, 2.75) is 77.0 Å². The lowest BCUT2D eigenvalue weighted by Crippen LogP contribution is -2.62. The normalized spacial score (nSPS) is 19.8. The summed E-state index contributed by atoms with van der Waals surface area (Å²) in [6, 6.07) is -0.825. The van der Waals surface area contributed by atoms with Crippen LogP contribution < -0.4 is 10.6 Å². The van der Waals surface area contributed by atoms with E-state index in [9.17, 15) is 18.4 Å². The fraction of sp³-hybridized carbons (Fsp3) is 0.500. The summed E-state index contributed by atoms with van der Waals surface area (Å²) in [5, 5.41) is 9.38. The van der Waals surface area contributed by atoms with E-state index < -0.39 is 35.6 Å². The molecule has 3 heterocycles. The molecule has 3 aromatic rings. The van der Waals surface area contributed by atoms with Crippen molar-refractivity contribution < 1.29 is 23.1 Å². The lowest BCUT2D eigenvalue weighted by atomic mass is 9.86. The van der Waals surface area contributed by atoms with Gasteiger partial charge in [0.2, 0.25) is 0 Å². The molecule has 4 rings (SSSR count). The van der Waals surface area contributed by atoms with E-state index in [0.717, 1.165) is 20.5 Å². The van der Waals surface area contributed by atoms with Gasteiger partial charge in [0.25, 0.3) is 11.8 Å².